The molecule has 3 saturated carbocycles. The summed E-state index contributed by atoms with van der Waals surface area (Å²) in [4.78, 5) is 84.9. The Morgan fingerprint density at radius 2 is 1.68 bits per heavy atom. The molecule has 5 amide bonds. The Balaban J connectivity index is 0.000000324. The molecule has 0 bridgehead atoms. The second kappa shape index (κ2) is 17.6. The summed E-state index contributed by atoms with van der Waals surface area (Å²) >= 11 is 0. The van der Waals surface area contributed by atoms with Crippen LogP contribution in [0.1, 0.15) is 71.6 Å². The van der Waals surface area contributed by atoms with Crippen LogP contribution >= 0.6 is 0 Å². The smallest absolute Gasteiger partial charge is 0.550 e. The monoisotopic (exact) mass is 762 g/mol. The number of carboxylic acid groups (broad SMARTS) is 1. The van der Waals surface area contributed by atoms with Crippen molar-refractivity contribution in [3.05, 3.63) is 11.6 Å². The summed E-state index contributed by atoms with van der Waals surface area (Å²) in [7, 11) is 0. The first-order chi connectivity index (χ1) is 24.5. The number of hydrogen-bond donors (Lipinski definition) is 7. The number of hydrogen-bond acceptors (Lipinski definition) is 15. The zero-order chi connectivity index (χ0) is 38.8. The molecule has 5 aliphatic rings. The third-order valence-electron chi connectivity index (χ3n) is 11.9. The van der Waals surface area contributed by atoms with Gasteiger partial charge in [-0.25, -0.2) is 14.5 Å². The van der Waals surface area contributed by atoms with Crippen LogP contribution in [0.5, 0.6) is 0 Å². The van der Waals surface area contributed by atoms with Crippen LogP contribution in [0.4, 0.5) is 9.59 Å². The van der Waals surface area contributed by atoms with Crippen molar-refractivity contribution < 1.29 is 104 Å². The van der Waals surface area contributed by atoms with Crippen LogP contribution < -0.4 is 40.0 Å². The number of allylic oxidation sites excluding steroid dienone is 1. The van der Waals surface area contributed by atoms with Gasteiger partial charge in [-0.05, 0) is 74.2 Å². The SMILES string of the molecule is C[C@]12CCC(=O)C=C1CC[C@@H]1[C@@H]2[C@@H](O)C[C@@]2(C)[C@H]1CC[C@]2(OC(=O)CCC(=O)[O-])C(=O)CO.O=C1C(N(CO)C(=O)NCO)N(CO)C(=O)N1CO.[Na+]. The topological polar surface area (TPSA) is 295 Å². The first-order valence-electron chi connectivity index (χ1n) is 17.1. The Bertz CT molecular complexity index is 1500. The zero-order valence-electron chi connectivity index (χ0n) is 30.1. The number of nitrogens with one attached hydrogen (secondary N) is 1. The average Bonchev–Trinajstić information content (AvgIpc) is 3.52. The number of ether oxygens (including phenoxy) is 1. The van der Waals surface area contributed by atoms with Crippen molar-refractivity contribution in [1.29, 1.82) is 0 Å². The minimum absolute atomic E-state index is 0. The van der Waals surface area contributed by atoms with Gasteiger partial charge in [-0.2, -0.15) is 0 Å². The van der Waals surface area contributed by atoms with Gasteiger partial charge in [0, 0.05) is 17.8 Å². The number of nitrogens with zero attached hydrogens (tertiary/aromatic N) is 3. The van der Waals surface area contributed by atoms with Gasteiger partial charge in [0.1, 0.15) is 33.5 Å². The number of carboxylic acids is 1. The number of amides is 5. The molecule has 8 atom stereocenters. The zero-order valence-corrected chi connectivity index (χ0v) is 32.1. The number of fused-ring (bicyclic) bond motifs is 5. The van der Waals surface area contributed by atoms with Gasteiger partial charge in [0.05, 0.1) is 12.5 Å². The Morgan fingerprint density at radius 3 is 2.25 bits per heavy atom. The second-order valence-corrected chi connectivity index (χ2v) is 14.3. The molecule has 19 nitrogen and oxygen atoms in total. The number of esters is 1. The summed E-state index contributed by atoms with van der Waals surface area (Å²) in [6.07, 6.45) is 2.23. The van der Waals surface area contributed by atoms with Crippen molar-refractivity contribution in [3.63, 3.8) is 0 Å². The van der Waals surface area contributed by atoms with Gasteiger partial charge >= 0.3 is 47.6 Å². The number of carbonyl (C=O) groups is 7. The molecule has 0 aromatic carbocycles. The Kier molecular flexibility index (Phi) is 14.8. The van der Waals surface area contributed by atoms with Gasteiger partial charge in [0.25, 0.3) is 5.91 Å². The van der Waals surface area contributed by atoms with E-state index in [1.54, 1.807) is 6.08 Å². The summed E-state index contributed by atoms with van der Waals surface area (Å²) in [6.45, 7) is -0.303. The van der Waals surface area contributed by atoms with E-state index in [1.807, 2.05) is 12.2 Å². The van der Waals surface area contributed by atoms with E-state index in [0.29, 0.717) is 34.0 Å². The maximum absolute atomic E-state index is 13.1. The van der Waals surface area contributed by atoms with E-state index in [-0.39, 0.29) is 71.4 Å². The van der Waals surface area contributed by atoms with E-state index in [9.17, 15) is 48.9 Å². The molecule has 1 heterocycles. The third kappa shape index (κ3) is 7.90. The number of aliphatic hydroxyl groups excluding tert-OH is 6. The van der Waals surface area contributed by atoms with Crippen molar-refractivity contribution in [2.24, 2.45) is 28.6 Å². The van der Waals surface area contributed by atoms with Crippen LogP contribution in [0.2, 0.25) is 0 Å². The van der Waals surface area contributed by atoms with Crippen molar-refractivity contribution in [2.45, 2.75) is 89.5 Å². The number of Topliss-reactive ketones (excluding diaryl/α,β-unsaturated/α-hetero) is 1. The molecule has 0 aromatic heterocycles. The summed E-state index contributed by atoms with van der Waals surface area (Å²) < 4.78 is 5.74. The van der Waals surface area contributed by atoms with Crippen molar-refractivity contribution in [1.82, 2.24) is 20.0 Å². The number of imide groups is 1. The minimum atomic E-state index is -1.60. The van der Waals surface area contributed by atoms with Gasteiger partial charge in [0.2, 0.25) is 5.78 Å². The van der Waals surface area contributed by atoms with E-state index in [1.165, 1.54) is 0 Å². The van der Waals surface area contributed by atoms with Crippen molar-refractivity contribution in [2.75, 3.05) is 33.5 Å². The average molecular weight is 763 g/mol. The van der Waals surface area contributed by atoms with Crippen LogP contribution in [0.15, 0.2) is 11.6 Å². The van der Waals surface area contributed by atoms with Crippen molar-refractivity contribution in [3.8, 4) is 0 Å². The molecule has 0 spiro atoms. The van der Waals surface area contributed by atoms with Gasteiger partial charge in [-0.1, -0.05) is 19.4 Å². The van der Waals surface area contributed by atoms with E-state index >= 15 is 0 Å². The quantitative estimate of drug-likeness (QED) is 0.0447. The second-order valence-electron chi connectivity index (χ2n) is 14.3. The van der Waals surface area contributed by atoms with Gasteiger partial charge in [0.15, 0.2) is 17.6 Å². The Labute approximate surface area is 327 Å². The molecular weight excluding hydrogens is 715 g/mol. The summed E-state index contributed by atoms with van der Waals surface area (Å²) in [5.74, 6) is -3.63. The van der Waals surface area contributed by atoms with E-state index < -0.39 is 105 Å². The third-order valence-corrected chi connectivity index (χ3v) is 11.9. The van der Waals surface area contributed by atoms with Gasteiger partial charge < -0.3 is 50.6 Å². The van der Waals surface area contributed by atoms with Crippen LogP contribution in [-0.4, -0.2) is 138 Å². The van der Waals surface area contributed by atoms with Crippen molar-refractivity contribution >= 4 is 41.5 Å². The van der Waals surface area contributed by atoms with Gasteiger partial charge in [-0.3, -0.25) is 29.0 Å². The Hall–Kier alpha value is -3.01. The maximum atomic E-state index is 13.1. The van der Waals surface area contributed by atoms with Gasteiger partial charge in [-0.15, -0.1) is 0 Å². The Morgan fingerprint density at radius 1 is 1.00 bits per heavy atom. The molecule has 1 saturated heterocycles. The largest absolute Gasteiger partial charge is 1.00 e. The molecule has 290 valence electrons. The van der Waals surface area contributed by atoms with E-state index in [0.717, 1.165) is 18.4 Å². The molecule has 1 unspecified atom stereocenters. The number of urea groups is 2. The predicted octanol–water partition coefficient (Wildman–Crippen LogP) is -5.75. The molecule has 4 fully saturated rings. The fourth-order valence-electron chi connectivity index (χ4n) is 9.55. The molecule has 0 aromatic rings. The normalized spacial score (nSPS) is 32.9. The molecule has 20 heteroatoms. The van der Waals surface area contributed by atoms with E-state index in [2.05, 4.69) is 6.92 Å². The van der Waals surface area contributed by atoms with Crippen LogP contribution in [0.25, 0.3) is 0 Å². The molecule has 4 aliphatic carbocycles. The number of carbonyl (C=O) groups excluding carboxylic acids is 7. The minimum Gasteiger partial charge on any atom is -0.550 e. The fraction of sp³-hybridized carbons (Fsp3) is 0.727. The van der Waals surface area contributed by atoms with Crippen LogP contribution in [0, 0.1) is 28.6 Å². The maximum Gasteiger partial charge on any atom is 1.00 e. The first-order valence-corrected chi connectivity index (χ1v) is 17.1. The van der Waals surface area contributed by atoms with Crippen LogP contribution in [0.3, 0.4) is 0 Å². The van der Waals surface area contributed by atoms with E-state index in [4.69, 9.17) is 25.2 Å². The summed E-state index contributed by atoms with van der Waals surface area (Å²) in [6, 6.07) is -2.02. The molecule has 7 N–H and O–H groups in total. The van der Waals surface area contributed by atoms with Crippen LogP contribution in [-0.2, 0) is 28.7 Å². The number of rotatable bonds is 11. The number of aliphatic carboxylic acids is 1. The number of aliphatic hydroxyl groups is 6. The predicted molar refractivity (Wildman–Crippen MR) is 170 cm³/mol. The molecule has 0 radical (unpaired) electrons. The molecule has 53 heavy (non-hydrogen) atoms. The fourth-order valence-corrected chi connectivity index (χ4v) is 9.55. The molecule has 5 rings (SSSR count). The standard InChI is InChI=1S/C25H34O8.C8H14N4O7.Na/c1-23-9-7-15(27)11-14(23)3-4-16-17-8-10-25(19(29)13-26,33-21(32)6-5-20(30)31)24(17,2)12-18(28)22(16)23;13-1-9-7(18)10(2-14)5-6(17)12(4-16)8(19)11(5)3-15;/h11,16-18,22,26,28H,3-10,12-13H2,1-2H3,(H,30,31);5,13-16H,1-4H2,(H,9,18);/q;;+1/p-1/t16-,17-,18-,22+,23-,24-,25-;;/m0../s1. The summed E-state index contributed by atoms with van der Waals surface area (Å²) in [5, 5.41) is 69.5. The number of ketones is 2. The first kappa shape index (κ1) is 44.4. The molecular formula is C33H47N4NaO15. The summed E-state index contributed by atoms with van der Waals surface area (Å²) in [5.41, 5.74) is -1.66. The molecule has 1 aliphatic heterocycles.